The van der Waals surface area contributed by atoms with Crippen molar-refractivity contribution >= 4 is 0 Å². The van der Waals surface area contributed by atoms with Crippen LogP contribution in [-0.4, -0.2) is 22.1 Å². The summed E-state index contributed by atoms with van der Waals surface area (Å²) in [5.74, 6) is 0.888. The van der Waals surface area contributed by atoms with Gasteiger partial charge in [0, 0.05) is 24.5 Å². The molecule has 0 aliphatic rings. The summed E-state index contributed by atoms with van der Waals surface area (Å²) in [7, 11) is 1.50. The second-order valence-electron chi connectivity index (χ2n) is 2.65. The molecular formula is C10H9N3O2. The van der Waals surface area contributed by atoms with Gasteiger partial charge in [0.1, 0.15) is 0 Å². The van der Waals surface area contributed by atoms with E-state index >= 15 is 0 Å². The topological polar surface area (TPSA) is 57.1 Å². The number of nitrogens with zero attached hydrogens (tertiary/aromatic N) is 3. The molecule has 76 valence electrons. The molecule has 0 fully saturated rings. The minimum Gasteiger partial charge on any atom is -0.467 e. The average molecular weight is 203 g/mol. The highest BCUT2D eigenvalue weighted by atomic mass is 16.5. The molecule has 0 spiro atoms. The highest BCUT2D eigenvalue weighted by molar-refractivity contribution is 5.19. The van der Waals surface area contributed by atoms with Crippen molar-refractivity contribution in [1.82, 2.24) is 15.0 Å². The van der Waals surface area contributed by atoms with Gasteiger partial charge in [-0.05, 0) is 6.07 Å². The molecule has 2 aromatic heterocycles. The van der Waals surface area contributed by atoms with Crippen molar-refractivity contribution in [3.63, 3.8) is 0 Å². The zero-order valence-electron chi connectivity index (χ0n) is 8.12. The molecule has 2 rings (SSSR count). The molecule has 15 heavy (non-hydrogen) atoms. The number of methoxy groups -OCH3 is 1. The van der Waals surface area contributed by atoms with Crippen molar-refractivity contribution in [1.29, 1.82) is 0 Å². The van der Waals surface area contributed by atoms with E-state index in [4.69, 9.17) is 9.47 Å². The molecule has 0 unspecified atom stereocenters. The van der Waals surface area contributed by atoms with Crippen LogP contribution in [0.2, 0.25) is 0 Å². The van der Waals surface area contributed by atoms with Crippen LogP contribution in [0.4, 0.5) is 0 Å². The highest BCUT2D eigenvalue weighted by Gasteiger charge is 2.01. The Bertz CT molecular complexity index is 434. The summed E-state index contributed by atoms with van der Waals surface area (Å²) in [6.07, 6.45) is 3.21. The van der Waals surface area contributed by atoms with Crippen LogP contribution in [0.25, 0.3) is 0 Å². The molecule has 0 radical (unpaired) electrons. The van der Waals surface area contributed by atoms with Crippen molar-refractivity contribution in [2.24, 2.45) is 0 Å². The minimum absolute atomic E-state index is 0.267. The third-order valence-corrected chi connectivity index (χ3v) is 1.64. The monoisotopic (exact) mass is 203 g/mol. The van der Waals surface area contributed by atoms with E-state index < -0.39 is 0 Å². The third kappa shape index (κ3) is 2.40. The van der Waals surface area contributed by atoms with Crippen LogP contribution in [0.3, 0.4) is 0 Å². The molecule has 0 amide bonds. The smallest absolute Gasteiger partial charge is 0.319 e. The lowest BCUT2D eigenvalue weighted by molar-refractivity contribution is 0.364. The summed E-state index contributed by atoms with van der Waals surface area (Å²) in [4.78, 5) is 11.9. The number of pyridine rings is 1. The summed E-state index contributed by atoms with van der Waals surface area (Å²) < 4.78 is 10.2. The fraction of sp³-hybridized carbons (Fsp3) is 0.100. The zero-order valence-corrected chi connectivity index (χ0v) is 8.12. The quantitative estimate of drug-likeness (QED) is 0.759. The predicted molar refractivity (Wildman–Crippen MR) is 52.9 cm³/mol. The fourth-order valence-electron chi connectivity index (χ4n) is 0.995. The summed E-state index contributed by atoms with van der Waals surface area (Å²) >= 11 is 0. The lowest BCUT2D eigenvalue weighted by Crippen LogP contribution is -1.94. The molecule has 5 heteroatoms. The van der Waals surface area contributed by atoms with E-state index in [2.05, 4.69) is 15.0 Å². The largest absolute Gasteiger partial charge is 0.467 e. The lowest BCUT2D eigenvalue weighted by atomic mass is 10.5. The summed E-state index contributed by atoms with van der Waals surface area (Å²) in [5.41, 5.74) is 0. The Kier molecular flexibility index (Phi) is 2.73. The molecule has 2 aromatic rings. The minimum atomic E-state index is 0.267. The van der Waals surface area contributed by atoms with Crippen LogP contribution in [0.15, 0.2) is 36.7 Å². The summed E-state index contributed by atoms with van der Waals surface area (Å²) in [6.45, 7) is 0. The number of ether oxygens (including phenoxy) is 2. The Balaban J connectivity index is 2.17. The van der Waals surface area contributed by atoms with Gasteiger partial charge < -0.3 is 9.47 Å². The Labute approximate surface area is 86.7 Å². The maximum absolute atomic E-state index is 5.38. The molecule has 2 heterocycles. The van der Waals surface area contributed by atoms with Crippen molar-refractivity contribution in [3.05, 3.63) is 36.7 Å². The molecule has 0 saturated heterocycles. The van der Waals surface area contributed by atoms with Crippen molar-refractivity contribution < 1.29 is 9.47 Å². The summed E-state index contributed by atoms with van der Waals surface area (Å²) in [6, 6.07) is 7.29. The molecule has 0 saturated carbocycles. The number of aromatic nitrogens is 3. The maximum Gasteiger partial charge on any atom is 0.319 e. The van der Waals surface area contributed by atoms with Gasteiger partial charge in [-0.2, -0.15) is 4.98 Å². The maximum atomic E-state index is 5.38. The van der Waals surface area contributed by atoms with E-state index in [9.17, 15) is 0 Å². The Morgan fingerprint density at radius 1 is 1.00 bits per heavy atom. The number of hydrogen-bond donors (Lipinski definition) is 0. The highest BCUT2D eigenvalue weighted by Crippen LogP contribution is 2.16. The first-order valence-electron chi connectivity index (χ1n) is 4.34. The van der Waals surface area contributed by atoms with Gasteiger partial charge in [0.2, 0.25) is 11.8 Å². The first-order chi connectivity index (χ1) is 7.38. The normalized spacial score (nSPS) is 9.67. The molecule has 0 aliphatic carbocycles. The second-order valence-corrected chi connectivity index (χ2v) is 2.65. The van der Waals surface area contributed by atoms with Gasteiger partial charge in [0.25, 0.3) is 0 Å². The Morgan fingerprint density at radius 3 is 2.67 bits per heavy atom. The van der Waals surface area contributed by atoms with Gasteiger partial charge in [0.15, 0.2) is 0 Å². The van der Waals surface area contributed by atoms with Crippen LogP contribution in [-0.2, 0) is 0 Å². The van der Waals surface area contributed by atoms with Crippen molar-refractivity contribution in [2.45, 2.75) is 0 Å². The average Bonchev–Trinajstić information content (AvgIpc) is 2.31. The standard InChI is InChI=1S/C10H9N3O2/c1-14-10-12-7-5-9(13-10)15-8-4-2-3-6-11-8/h2-7H,1H3. The van der Waals surface area contributed by atoms with Gasteiger partial charge in [-0.1, -0.05) is 6.07 Å². The fourth-order valence-corrected chi connectivity index (χ4v) is 0.995. The molecule has 0 bridgehead atoms. The predicted octanol–water partition coefficient (Wildman–Crippen LogP) is 1.67. The zero-order chi connectivity index (χ0) is 10.5. The molecule has 0 N–H and O–H groups in total. The SMILES string of the molecule is COc1nccc(Oc2ccccn2)n1. The molecule has 0 aromatic carbocycles. The van der Waals surface area contributed by atoms with E-state index in [1.54, 1.807) is 24.5 Å². The lowest BCUT2D eigenvalue weighted by Gasteiger charge is -2.03. The van der Waals surface area contributed by atoms with Gasteiger partial charge >= 0.3 is 6.01 Å². The molecule has 0 atom stereocenters. The first kappa shape index (κ1) is 9.39. The van der Waals surface area contributed by atoms with Gasteiger partial charge in [-0.25, -0.2) is 9.97 Å². The molecule has 5 nitrogen and oxygen atoms in total. The van der Waals surface area contributed by atoms with Crippen molar-refractivity contribution in [2.75, 3.05) is 7.11 Å². The van der Waals surface area contributed by atoms with Crippen LogP contribution >= 0.6 is 0 Å². The van der Waals surface area contributed by atoms with E-state index in [0.717, 1.165) is 0 Å². The van der Waals surface area contributed by atoms with Gasteiger partial charge in [-0.3, -0.25) is 0 Å². The van der Waals surface area contributed by atoms with Crippen molar-refractivity contribution in [3.8, 4) is 17.8 Å². The van der Waals surface area contributed by atoms with Crippen LogP contribution in [0.5, 0.6) is 17.8 Å². The van der Waals surface area contributed by atoms with Gasteiger partial charge in [-0.15, -0.1) is 0 Å². The van der Waals surface area contributed by atoms with Crippen LogP contribution < -0.4 is 9.47 Å². The number of hydrogen-bond acceptors (Lipinski definition) is 5. The van der Waals surface area contributed by atoms with E-state index in [0.29, 0.717) is 11.8 Å². The third-order valence-electron chi connectivity index (χ3n) is 1.64. The van der Waals surface area contributed by atoms with E-state index in [1.807, 2.05) is 12.1 Å². The Hall–Kier alpha value is -2.17. The second kappa shape index (κ2) is 4.36. The summed E-state index contributed by atoms with van der Waals surface area (Å²) in [5, 5.41) is 0. The van der Waals surface area contributed by atoms with Gasteiger partial charge in [0.05, 0.1) is 7.11 Å². The van der Waals surface area contributed by atoms with Crippen LogP contribution in [0, 0.1) is 0 Å². The molecule has 0 aliphatic heterocycles. The number of rotatable bonds is 3. The Morgan fingerprint density at radius 2 is 1.93 bits per heavy atom. The molecular weight excluding hydrogens is 194 g/mol. The van der Waals surface area contributed by atoms with E-state index in [1.165, 1.54) is 7.11 Å². The first-order valence-corrected chi connectivity index (χ1v) is 4.34. The van der Waals surface area contributed by atoms with Crippen LogP contribution in [0.1, 0.15) is 0 Å². The van der Waals surface area contributed by atoms with E-state index in [-0.39, 0.29) is 6.01 Å².